The molecule has 0 aromatic heterocycles. The molecule has 0 atom stereocenters. The number of aliphatic imine (C=N–C) groups is 1. The molecule has 62 valence electrons. The van der Waals surface area contributed by atoms with E-state index in [1.54, 1.807) is 24.1 Å². The molecule has 0 saturated heterocycles. The Labute approximate surface area is 73.3 Å². The van der Waals surface area contributed by atoms with Crippen LogP contribution in [0.5, 0.6) is 0 Å². The molecule has 0 bridgehead atoms. The Kier molecular flexibility index (Phi) is 5.94. The highest BCUT2D eigenvalue weighted by atomic mass is 32.2. The molecule has 0 unspecified atom stereocenters. The fraction of sp³-hybridized carbons (Fsp3) is 0.444. The number of rotatable bonds is 4. The zero-order valence-corrected chi connectivity index (χ0v) is 8.19. The van der Waals surface area contributed by atoms with Gasteiger partial charge < -0.3 is 0 Å². The van der Waals surface area contributed by atoms with Crippen LogP contribution in [0, 0.1) is 5.92 Å². The van der Waals surface area contributed by atoms with Gasteiger partial charge in [0.25, 0.3) is 0 Å². The highest BCUT2D eigenvalue weighted by molar-refractivity contribution is 8.02. The minimum absolute atomic E-state index is 0.555. The van der Waals surface area contributed by atoms with E-state index in [0.29, 0.717) is 5.92 Å². The molecule has 0 fully saturated rings. The molecule has 0 aromatic rings. The largest absolute Gasteiger partial charge is 0.250 e. The summed E-state index contributed by atoms with van der Waals surface area (Å²) in [6.45, 7) is 7.84. The van der Waals surface area contributed by atoms with E-state index < -0.39 is 0 Å². The van der Waals surface area contributed by atoms with Gasteiger partial charge in [0.05, 0.1) is 5.03 Å². The molecule has 0 aliphatic heterocycles. The van der Waals surface area contributed by atoms with Crippen molar-refractivity contribution in [2.75, 3.05) is 6.26 Å². The van der Waals surface area contributed by atoms with Gasteiger partial charge in [-0.2, -0.15) is 0 Å². The smallest absolute Gasteiger partial charge is 0.0919 e. The maximum absolute atomic E-state index is 4.18. The second-order valence-electron chi connectivity index (χ2n) is 2.47. The number of hydrogen-bond donors (Lipinski definition) is 0. The fourth-order valence-corrected chi connectivity index (χ4v) is 1.15. The lowest BCUT2D eigenvalue weighted by Gasteiger charge is -1.98. The molecule has 0 aliphatic rings. The van der Waals surface area contributed by atoms with Gasteiger partial charge in [0.1, 0.15) is 0 Å². The molecule has 2 heteroatoms. The summed E-state index contributed by atoms with van der Waals surface area (Å²) < 4.78 is 0. The third-order valence-corrected chi connectivity index (χ3v) is 1.65. The lowest BCUT2D eigenvalue weighted by molar-refractivity contribution is 0.827. The molecule has 0 amide bonds. The van der Waals surface area contributed by atoms with E-state index >= 15 is 0 Å². The summed E-state index contributed by atoms with van der Waals surface area (Å²) in [6.07, 6.45) is 7.55. The zero-order chi connectivity index (χ0) is 8.69. The van der Waals surface area contributed by atoms with Crippen molar-refractivity contribution in [1.29, 1.82) is 0 Å². The molecule has 1 nitrogen and oxygen atoms in total. The first-order valence-corrected chi connectivity index (χ1v) is 4.84. The molecule has 0 aromatic carbocycles. The van der Waals surface area contributed by atoms with Crippen LogP contribution in [-0.2, 0) is 0 Å². The monoisotopic (exact) mass is 169 g/mol. The lowest BCUT2D eigenvalue weighted by atomic mass is 10.2. The lowest BCUT2D eigenvalue weighted by Crippen LogP contribution is -1.81. The second-order valence-corrected chi connectivity index (χ2v) is 3.29. The first kappa shape index (κ1) is 10.5. The standard InChI is InChI=1S/C9H15NS/c1-5-6-10-9(11-4)7-8(2)3/h5-8H,1H2,2-4H3/b9-7+,10-6?. The van der Waals surface area contributed by atoms with Gasteiger partial charge in [0, 0.05) is 6.21 Å². The summed E-state index contributed by atoms with van der Waals surface area (Å²) in [7, 11) is 0. The highest BCUT2D eigenvalue weighted by Gasteiger charge is 1.91. The van der Waals surface area contributed by atoms with Crippen LogP contribution in [0.3, 0.4) is 0 Å². The van der Waals surface area contributed by atoms with E-state index in [0.717, 1.165) is 5.03 Å². The van der Waals surface area contributed by atoms with E-state index in [1.807, 2.05) is 6.26 Å². The van der Waals surface area contributed by atoms with E-state index in [4.69, 9.17) is 0 Å². The molecular weight excluding hydrogens is 154 g/mol. The van der Waals surface area contributed by atoms with E-state index in [9.17, 15) is 0 Å². The average Bonchev–Trinajstić information content (AvgIpc) is 1.97. The molecule has 0 saturated carbocycles. The topological polar surface area (TPSA) is 12.4 Å². The Bertz CT molecular complexity index is 168. The van der Waals surface area contributed by atoms with Crippen LogP contribution in [0.1, 0.15) is 13.8 Å². The molecular formula is C9H15NS. The maximum atomic E-state index is 4.18. The van der Waals surface area contributed by atoms with Crippen LogP contribution in [0.15, 0.2) is 28.8 Å². The van der Waals surface area contributed by atoms with E-state index in [2.05, 4.69) is 31.5 Å². The maximum Gasteiger partial charge on any atom is 0.0919 e. The van der Waals surface area contributed by atoms with Gasteiger partial charge in [-0.1, -0.05) is 26.5 Å². The Morgan fingerprint density at radius 1 is 1.55 bits per heavy atom. The second kappa shape index (κ2) is 6.23. The van der Waals surface area contributed by atoms with Crippen molar-refractivity contribution in [2.24, 2.45) is 10.9 Å². The predicted octanol–water partition coefficient (Wildman–Crippen LogP) is 3.10. The minimum atomic E-state index is 0.555. The third kappa shape index (κ3) is 5.92. The molecule has 0 heterocycles. The van der Waals surface area contributed by atoms with Crippen molar-refractivity contribution < 1.29 is 0 Å². The highest BCUT2D eigenvalue weighted by Crippen LogP contribution is 2.14. The van der Waals surface area contributed by atoms with E-state index in [-0.39, 0.29) is 0 Å². The molecule has 0 spiro atoms. The molecule has 11 heavy (non-hydrogen) atoms. The van der Waals surface area contributed by atoms with Gasteiger partial charge in [-0.3, -0.25) is 4.99 Å². The normalized spacial score (nSPS) is 12.9. The zero-order valence-electron chi connectivity index (χ0n) is 7.37. The molecule has 0 aliphatic carbocycles. The van der Waals surface area contributed by atoms with Crippen molar-refractivity contribution >= 4 is 18.0 Å². The van der Waals surface area contributed by atoms with Gasteiger partial charge >= 0.3 is 0 Å². The van der Waals surface area contributed by atoms with Gasteiger partial charge in [-0.25, -0.2) is 0 Å². The van der Waals surface area contributed by atoms with Crippen LogP contribution >= 0.6 is 11.8 Å². The van der Waals surface area contributed by atoms with Crippen molar-refractivity contribution in [3.8, 4) is 0 Å². The summed E-state index contributed by atoms with van der Waals surface area (Å²) in [5, 5.41) is 1.06. The van der Waals surface area contributed by atoms with E-state index in [1.165, 1.54) is 0 Å². The molecule has 0 N–H and O–H groups in total. The number of allylic oxidation sites excluding steroid dienone is 2. The SMILES string of the molecule is C=CC=N/C(=C\C(C)C)SC. The van der Waals surface area contributed by atoms with Crippen LogP contribution in [-0.4, -0.2) is 12.5 Å². The molecule has 0 rings (SSSR count). The predicted molar refractivity (Wildman–Crippen MR) is 55.1 cm³/mol. The quantitative estimate of drug-likeness (QED) is 0.589. The summed E-state index contributed by atoms with van der Waals surface area (Å²) in [4.78, 5) is 4.18. The summed E-state index contributed by atoms with van der Waals surface area (Å²) >= 11 is 1.65. The number of thioether (sulfide) groups is 1. The summed E-state index contributed by atoms with van der Waals surface area (Å²) in [6, 6.07) is 0. The first-order chi connectivity index (χ1) is 5.20. The minimum Gasteiger partial charge on any atom is -0.250 e. The van der Waals surface area contributed by atoms with Crippen LogP contribution in [0.4, 0.5) is 0 Å². The van der Waals surface area contributed by atoms with Crippen LogP contribution in [0.25, 0.3) is 0 Å². The Hall–Kier alpha value is -0.500. The van der Waals surface area contributed by atoms with Gasteiger partial charge in [-0.15, -0.1) is 11.8 Å². The summed E-state index contributed by atoms with van der Waals surface area (Å²) in [5.74, 6) is 0.555. The fourth-order valence-electron chi connectivity index (χ4n) is 0.575. The first-order valence-electron chi connectivity index (χ1n) is 3.61. The van der Waals surface area contributed by atoms with Crippen LogP contribution in [0.2, 0.25) is 0 Å². The van der Waals surface area contributed by atoms with Gasteiger partial charge in [-0.05, 0) is 18.2 Å². The van der Waals surface area contributed by atoms with Crippen molar-refractivity contribution in [3.63, 3.8) is 0 Å². The third-order valence-electron chi connectivity index (χ3n) is 0.992. The Balaban J connectivity index is 4.15. The van der Waals surface area contributed by atoms with Gasteiger partial charge in [0.2, 0.25) is 0 Å². The molecule has 0 radical (unpaired) electrons. The Morgan fingerprint density at radius 2 is 2.18 bits per heavy atom. The van der Waals surface area contributed by atoms with Gasteiger partial charge in [0.15, 0.2) is 0 Å². The Morgan fingerprint density at radius 3 is 2.55 bits per heavy atom. The number of hydrogen-bond acceptors (Lipinski definition) is 2. The van der Waals surface area contributed by atoms with Crippen molar-refractivity contribution in [3.05, 3.63) is 23.8 Å². The summed E-state index contributed by atoms with van der Waals surface area (Å²) in [5.41, 5.74) is 0. The van der Waals surface area contributed by atoms with Crippen molar-refractivity contribution in [1.82, 2.24) is 0 Å². The number of nitrogens with zero attached hydrogens (tertiary/aromatic N) is 1. The average molecular weight is 169 g/mol. The van der Waals surface area contributed by atoms with Crippen molar-refractivity contribution in [2.45, 2.75) is 13.8 Å². The van der Waals surface area contributed by atoms with Crippen LogP contribution < -0.4 is 0 Å².